The van der Waals surface area contributed by atoms with Crippen molar-refractivity contribution in [2.45, 2.75) is 33.6 Å². The van der Waals surface area contributed by atoms with E-state index >= 15 is 0 Å². The summed E-state index contributed by atoms with van der Waals surface area (Å²) in [4.78, 5) is 24.9. The van der Waals surface area contributed by atoms with Crippen LogP contribution in [-0.2, 0) is 4.74 Å². The maximum Gasteiger partial charge on any atom is 0.409 e. The van der Waals surface area contributed by atoms with E-state index in [4.69, 9.17) is 4.74 Å². The molecule has 130 valence electrons. The maximum absolute atomic E-state index is 11.9. The molecule has 1 aromatic rings. The molecule has 1 aliphatic carbocycles. The predicted octanol–water partition coefficient (Wildman–Crippen LogP) is 2.88. The van der Waals surface area contributed by atoms with E-state index in [1.165, 1.54) is 24.0 Å². The van der Waals surface area contributed by atoms with Gasteiger partial charge in [-0.05, 0) is 45.1 Å². The molecule has 0 aromatic carbocycles. The Bertz CT molecular complexity index is 632. The average molecular weight is 330 g/mol. The first-order chi connectivity index (χ1) is 11.7. The van der Waals surface area contributed by atoms with Gasteiger partial charge >= 0.3 is 6.09 Å². The third-order valence-electron chi connectivity index (χ3n) is 4.74. The van der Waals surface area contributed by atoms with E-state index in [-0.39, 0.29) is 6.09 Å². The predicted molar refractivity (Wildman–Crippen MR) is 94.0 cm³/mol. The molecule has 0 spiro atoms. The quantitative estimate of drug-likeness (QED) is 0.849. The van der Waals surface area contributed by atoms with Crippen LogP contribution in [0.25, 0.3) is 5.57 Å². The van der Waals surface area contributed by atoms with Gasteiger partial charge in [-0.1, -0.05) is 6.08 Å². The number of rotatable bonds is 4. The number of allylic oxidation sites excluding steroid dienone is 2. The Balaban J connectivity index is 1.79. The van der Waals surface area contributed by atoms with Crippen molar-refractivity contribution in [1.82, 2.24) is 14.9 Å². The summed E-state index contributed by atoms with van der Waals surface area (Å²) in [7, 11) is 0. The minimum atomic E-state index is -0.219. The van der Waals surface area contributed by atoms with Crippen molar-refractivity contribution < 1.29 is 9.53 Å². The molecule has 0 bridgehead atoms. The van der Waals surface area contributed by atoms with E-state index < -0.39 is 0 Å². The van der Waals surface area contributed by atoms with Crippen LogP contribution in [-0.4, -0.2) is 53.7 Å². The Morgan fingerprint density at radius 2 is 2.00 bits per heavy atom. The highest BCUT2D eigenvalue weighted by Crippen LogP contribution is 2.44. The lowest BCUT2D eigenvalue weighted by molar-refractivity contribution is 0.105. The fourth-order valence-corrected chi connectivity index (χ4v) is 3.33. The monoisotopic (exact) mass is 330 g/mol. The van der Waals surface area contributed by atoms with Gasteiger partial charge in [0.2, 0.25) is 0 Å². The zero-order valence-electron chi connectivity index (χ0n) is 14.8. The smallest absolute Gasteiger partial charge is 0.409 e. The molecular formula is C18H26N4O2. The van der Waals surface area contributed by atoms with Crippen LogP contribution in [0, 0.1) is 12.8 Å². The molecule has 0 N–H and O–H groups in total. The number of anilines is 1. The molecule has 1 aliphatic heterocycles. The number of piperazine rings is 1. The summed E-state index contributed by atoms with van der Waals surface area (Å²) in [6, 6.07) is 0. The Morgan fingerprint density at radius 1 is 1.29 bits per heavy atom. The molecule has 3 rings (SSSR count). The van der Waals surface area contributed by atoms with Crippen LogP contribution in [0.5, 0.6) is 0 Å². The summed E-state index contributed by atoms with van der Waals surface area (Å²) in [6.45, 7) is 9.27. The number of aryl methyl sites for hydroxylation is 1. The van der Waals surface area contributed by atoms with Crippen molar-refractivity contribution in [2.75, 3.05) is 37.7 Å². The van der Waals surface area contributed by atoms with Crippen LogP contribution in [0.3, 0.4) is 0 Å². The molecule has 0 atom stereocenters. The van der Waals surface area contributed by atoms with Gasteiger partial charge in [-0.3, -0.25) is 0 Å². The van der Waals surface area contributed by atoms with Crippen LogP contribution >= 0.6 is 0 Å². The van der Waals surface area contributed by atoms with Crippen LogP contribution in [0.15, 0.2) is 12.4 Å². The lowest BCUT2D eigenvalue weighted by Crippen LogP contribution is -2.49. The Labute approximate surface area is 143 Å². The summed E-state index contributed by atoms with van der Waals surface area (Å²) in [6.07, 6.45) is 6.14. The lowest BCUT2D eigenvalue weighted by Gasteiger charge is -2.36. The number of hydrogen-bond acceptors (Lipinski definition) is 5. The number of aromatic nitrogens is 2. The highest BCUT2D eigenvalue weighted by atomic mass is 16.6. The van der Waals surface area contributed by atoms with Gasteiger partial charge in [-0.15, -0.1) is 0 Å². The van der Waals surface area contributed by atoms with E-state index in [1.807, 2.05) is 6.92 Å². The summed E-state index contributed by atoms with van der Waals surface area (Å²) >= 11 is 0. The van der Waals surface area contributed by atoms with Gasteiger partial charge in [-0.2, -0.15) is 0 Å². The van der Waals surface area contributed by atoms with E-state index in [1.54, 1.807) is 11.2 Å². The lowest BCUT2D eigenvalue weighted by atomic mass is 9.99. The van der Waals surface area contributed by atoms with Crippen LogP contribution < -0.4 is 4.90 Å². The summed E-state index contributed by atoms with van der Waals surface area (Å²) < 4.78 is 5.09. The summed E-state index contributed by atoms with van der Waals surface area (Å²) in [5.74, 6) is 1.66. The van der Waals surface area contributed by atoms with E-state index in [0.717, 1.165) is 24.6 Å². The zero-order chi connectivity index (χ0) is 17.1. The Hall–Kier alpha value is -2.11. The molecule has 1 aromatic heterocycles. The third kappa shape index (κ3) is 3.37. The molecule has 6 heteroatoms. The molecule has 24 heavy (non-hydrogen) atoms. The van der Waals surface area contributed by atoms with Gasteiger partial charge in [0.05, 0.1) is 12.3 Å². The Morgan fingerprint density at radius 3 is 2.58 bits per heavy atom. The fourth-order valence-electron chi connectivity index (χ4n) is 3.33. The molecule has 0 unspecified atom stereocenters. The molecule has 2 heterocycles. The van der Waals surface area contributed by atoms with Crippen molar-refractivity contribution in [3.63, 3.8) is 0 Å². The van der Waals surface area contributed by atoms with Crippen molar-refractivity contribution >= 4 is 17.5 Å². The normalized spacial score (nSPS) is 18.7. The van der Waals surface area contributed by atoms with Gasteiger partial charge in [0.25, 0.3) is 0 Å². The molecular weight excluding hydrogens is 304 g/mol. The second-order valence-corrected chi connectivity index (χ2v) is 6.35. The first-order valence-corrected chi connectivity index (χ1v) is 8.80. The number of carbonyl (C=O) groups excluding carboxylic acids is 1. The van der Waals surface area contributed by atoms with Crippen LogP contribution in [0.4, 0.5) is 10.6 Å². The molecule has 1 saturated carbocycles. The van der Waals surface area contributed by atoms with Crippen molar-refractivity contribution in [3.05, 3.63) is 23.7 Å². The third-order valence-corrected chi connectivity index (χ3v) is 4.74. The molecule has 0 radical (unpaired) electrons. The van der Waals surface area contributed by atoms with E-state index in [9.17, 15) is 4.79 Å². The molecule has 2 fully saturated rings. The summed E-state index contributed by atoms with van der Waals surface area (Å²) in [5.41, 5.74) is 3.59. The number of ether oxygens (including phenoxy) is 1. The number of carbonyl (C=O) groups is 1. The largest absolute Gasteiger partial charge is 0.450 e. The van der Waals surface area contributed by atoms with Gasteiger partial charge in [0, 0.05) is 31.7 Å². The van der Waals surface area contributed by atoms with E-state index in [2.05, 4.69) is 34.8 Å². The molecule has 6 nitrogen and oxygen atoms in total. The first-order valence-electron chi connectivity index (χ1n) is 8.80. The van der Waals surface area contributed by atoms with Crippen molar-refractivity contribution in [2.24, 2.45) is 5.92 Å². The zero-order valence-corrected chi connectivity index (χ0v) is 14.8. The molecule has 1 saturated heterocycles. The SMILES string of the molecule is C/C=C(\c1c(C)ncnc1N1CCN(C(=O)OCC)CC1)C1CC1. The highest BCUT2D eigenvalue weighted by molar-refractivity contribution is 5.78. The van der Waals surface area contributed by atoms with Gasteiger partial charge in [0.1, 0.15) is 12.1 Å². The van der Waals surface area contributed by atoms with Crippen molar-refractivity contribution in [3.8, 4) is 0 Å². The van der Waals surface area contributed by atoms with Gasteiger partial charge in [-0.25, -0.2) is 14.8 Å². The molecule has 2 aliphatic rings. The number of amides is 1. The second kappa shape index (κ2) is 7.20. The van der Waals surface area contributed by atoms with Crippen LogP contribution in [0.2, 0.25) is 0 Å². The summed E-state index contributed by atoms with van der Waals surface area (Å²) in [5, 5.41) is 0. The fraction of sp³-hybridized carbons (Fsp3) is 0.611. The molecule has 1 amide bonds. The first kappa shape index (κ1) is 16.7. The second-order valence-electron chi connectivity index (χ2n) is 6.35. The van der Waals surface area contributed by atoms with Crippen LogP contribution in [0.1, 0.15) is 37.9 Å². The topological polar surface area (TPSA) is 58.6 Å². The number of hydrogen-bond donors (Lipinski definition) is 0. The minimum Gasteiger partial charge on any atom is -0.450 e. The average Bonchev–Trinajstić information content (AvgIpc) is 3.42. The standard InChI is InChI=1S/C18H26N4O2/c1-4-15(14-6-7-14)16-13(3)19-12-20-17(16)21-8-10-22(11-9-21)18(23)24-5-2/h4,12,14H,5-11H2,1-3H3/b15-4-. The van der Waals surface area contributed by atoms with Gasteiger partial charge in [0.15, 0.2) is 0 Å². The number of nitrogens with zero attached hydrogens (tertiary/aromatic N) is 4. The van der Waals surface area contributed by atoms with Crippen molar-refractivity contribution in [1.29, 1.82) is 0 Å². The van der Waals surface area contributed by atoms with Gasteiger partial charge < -0.3 is 14.5 Å². The highest BCUT2D eigenvalue weighted by Gasteiger charge is 2.31. The Kier molecular flexibility index (Phi) is 5.02. The minimum absolute atomic E-state index is 0.219. The van der Waals surface area contributed by atoms with E-state index in [0.29, 0.717) is 25.6 Å². The maximum atomic E-state index is 11.9.